The lowest BCUT2D eigenvalue weighted by Gasteiger charge is -2.29. The van der Waals surface area contributed by atoms with E-state index in [2.05, 4.69) is 4.90 Å². The zero-order valence-corrected chi connectivity index (χ0v) is 8.96. The number of rotatable bonds is 4. The highest BCUT2D eigenvalue weighted by Gasteiger charge is 2.20. The van der Waals surface area contributed by atoms with Gasteiger partial charge in [0.25, 0.3) is 0 Å². The Bertz CT molecular complexity index is 233. The normalized spacial score (nSPS) is 25.9. The minimum absolute atomic E-state index is 0.0890. The molecule has 1 aliphatic heterocycles. The van der Waals surface area contributed by atoms with Crippen LogP contribution in [0.1, 0.15) is 0 Å². The fourth-order valence-corrected chi connectivity index (χ4v) is 2.38. The van der Waals surface area contributed by atoms with E-state index in [0.29, 0.717) is 12.4 Å². The number of likely N-dealkylation sites (N-methyl/N-ethyl adjacent to an activating group) is 1. The summed E-state index contributed by atoms with van der Waals surface area (Å²) in [5, 5.41) is 8.42. The molecule has 0 bridgehead atoms. The van der Waals surface area contributed by atoms with Crippen molar-refractivity contribution in [2.75, 3.05) is 38.2 Å². The SMILES string of the molecule is CN1CCOC(CS(=O)CC(=O)O)C1. The number of hydrogen-bond acceptors (Lipinski definition) is 4. The molecule has 1 fully saturated rings. The molecule has 2 atom stereocenters. The molecular weight excluding hydrogens is 206 g/mol. The summed E-state index contributed by atoms with van der Waals surface area (Å²) in [7, 11) is 0.654. The van der Waals surface area contributed by atoms with E-state index < -0.39 is 16.8 Å². The van der Waals surface area contributed by atoms with Crippen LogP contribution in [0.15, 0.2) is 0 Å². The monoisotopic (exact) mass is 221 g/mol. The van der Waals surface area contributed by atoms with Crippen LogP contribution in [0.25, 0.3) is 0 Å². The zero-order valence-electron chi connectivity index (χ0n) is 8.14. The molecular formula is C8H15NO4S. The Kier molecular flexibility index (Phi) is 4.50. The van der Waals surface area contributed by atoms with Gasteiger partial charge in [0.1, 0.15) is 5.75 Å². The van der Waals surface area contributed by atoms with Crippen molar-refractivity contribution in [2.45, 2.75) is 6.10 Å². The fourth-order valence-electron chi connectivity index (χ4n) is 1.37. The molecule has 2 unspecified atom stereocenters. The minimum atomic E-state index is -1.31. The van der Waals surface area contributed by atoms with Gasteiger partial charge in [0.05, 0.1) is 18.5 Å². The topological polar surface area (TPSA) is 66.8 Å². The summed E-state index contributed by atoms with van der Waals surface area (Å²) < 4.78 is 16.6. The number of hydrogen-bond donors (Lipinski definition) is 1. The van der Waals surface area contributed by atoms with E-state index in [1.54, 1.807) is 0 Å². The number of morpholine rings is 1. The van der Waals surface area contributed by atoms with E-state index in [-0.39, 0.29) is 11.9 Å². The quantitative estimate of drug-likeness (QED) is 0.670. The Morgan fingerprint density at radius 2 is 2.43 bits per heavy atom. The lowest BCUT2D eigenvalue weighted by molar-refractivity contribution is -0.133. The molecule has 14 heavy (non-hydrogen) atoms. The Labute approximate surface area is 85.5 Å². The summed E-state index contributed by atoms with van der Waals surface area (Å²) >= 11 is 0. The van der Waals surface area contributed by atoms with E-state index in [1.165, 1.54) is 0 Å². The second-order valence-electron chi connectivity index (χ2n) is 3.40. The maximum Gasteiger partial charge on any atom is 0.316 e. The first-order chi connectivity index (χ1) is 6.58. The van der Waals surface area contributed by atoms with E-state index in [0.717, 1.165) is 13.1 Å². The molecule has 0 aromatic carbocycles. The third-order valence-electron chi connectivity index (χ3n) is 2.00. The lowest BCUT2D eigenvalue weighted by atomic mass is 10.3. The average molecular weight is 221 g/mol. The van der Waals surface area contributed by atoms with Crippen molar-refractivity contribution in [1.82, 2.24) is 4.90 Å². The lowest BCUT2D eigenvalue weighted by Crippen LogP contribution is -2.42. The van der Waals surface area contributed by atoms with Crippen molar-refractivity contribution in [3.63, 3.8) is 0 Å². The third-order valence-corrected chi connectivity index (χ3v) is 3.31. The molecule has 5 nitrogen and oxygen atoms in total. The van der Waals surface area contributed by atoms with Crippen molar-refractivity contribution in [3.8, 4) is 0 Å². The third kappa shape index (κ3) is 4.17. The van der Waals surface area contributed by atoms with Gasteiger partial charge in [-0.25, -0.2) is 0 Å². The van der Waals surface area contributed by atoms with Gasteiger partial charge in [-0.05, 0) is 7.05 Å². The second-order valence-corrected chi connectivity index (χ2v) is 4.90. The standard InChI is InChI=1S/C8H15NO4S/c1-9-2-3-13-7(4-9)5-14(12)6-8(10)11/h7H,2-6H2,1H3,(H,10,11). The molecule has 1 heterocycles. The molecule has 1 saturated heterocycles. The van der Waals surface area contributed by atoms with Gasteiger partial charge in [-0.1, -0.05) is 0 Å². The molecule has 0 aromatic rings. The second kappa shape index (κ2) is 5.43. The Balaban J connectivity index is 2.28. The highest BCUT2D eigenvalue weighted by Crippen LogP contribution is 2.04. The van der Waals surface area contributed by atoms with Gasteiger partial charge >= 0.3 is 5.97 Å². The van der Waals surface area contributed by atoms with Gasteiger partial charge in [-0.2, -0.15) is 0 Å². The molecule has 0 spiro atoms. The highest BCUT2D eigenvalue weighted by molar-refractivity contribution is 7.85. The van der Waals surface area contributed by atoms with Gasteiger partial charge in [0.2, 0.25) is 0 Å². The average Bonchev–Trinajstić information content (AvgIpc) is 2.01. The molecule has 0 amide bonds. The maximum atomic E-state index is 11.3. The fraction of sp³-hybridized carbons (Fsp3) is 0.875. The van der Waals surface area contributed by atoms with Crippen molar-refractivity contribution in [2.24, 2.45) is 0 Å². The van der Waals surface area contributed by atoms with Crippen LogP contribution in [0.3, 0.4) is 0 Å². The molecule has 82 valence electrons. The predicted molar refractivity (Wildman–Crippen MR) is 52.7 cm³/mol. The summed E-state index contributed by atoms with van der Waals surface area (Å²) in [6, 6.07) is 0. The van der Waals surface area contributed by atoms with Crippen LogP contribution in [-0.2, 0) is 20.3 Å². The maximum absolute atomic E-state index is 11.3. The molecule has 1 N–H and O–H groups in total. The molecule has 0 aliphatic carbocycles. The van der Waals surface area contributed by atoms with Gasteiger partial charge in [0.15, 0.2) is 0 Å². The Hall–Kier alpha value is -0.460. The zero-order chi connectivity index (χ0) is 10.6. The summed E-state index contributed by atoms with van der Waals surface area (Å²) in [4.78, 5) is 12.4. The summed E-state index contributed by atoms with van der Waals surface area (Å²) in [6.07, 6.45) is -0.0890. The molecule has 6 heteroatoms. The molecule has 1 aliphatic rings. The first-order valence-corrected chi connectivity index (χ1v) is 5.93. The van der Waals surface area contributed by atoms with Crippen molar-refractivity contribution in [3.05, 3.63) is 0 Å². The van der Waals surface area contributed by atoms with E-state index in [9.17, 15) is 9.00 Å². The summed E-state index contributed by atoms with van der Waals surface area (Å²) in [6.45, 7) is 2.23. The van der Waals surface area contributed by atoms with Crippen LogP contribution < -0.4 is 0 Å². The van der Waals surface area contributed by atoms with Crippen molar-refractivity contribution < 1.29 is 18.8 Å². The molecule has 0 saturated carbocycles. The number of carboxylic acids is 1. The van der Waals surface area contributed by atoms with Crippen LogP contribution in [-0.4, -0.2) is 64.5 Å². The van der Waals surface area contributed by atoms with Crippen LogP contribution in [0, 0.1) is 0 Å². The summed E-state index contributed by atoms with van der Waals surface area (Å²) in [5.74, 6) is -0.993. The van der Waals surface area contributed by atoms with Crippen LogP contribution in [0.4, 0.5) is 0 Å². The van der Waals surface area contributed by atoms with E-state index in [1.807, 2.05) is 7.05 Å². The van der Waals surface area contributed by atoms with E-state index in [4.69, 9.17) is 9.84 Å². The van der Waals surface area contributed by atoms with Gasteiger partial charge < -0.3 is 14.7 Å². The Morgan fingerprint density at radius 1 is 1.71 bits per heavy atom. The highest BCUT2D eigenvalue weighted by atomic mass is 32.2. The minimum Gasteiger partial charge on any atom is -0.481 e. The van der Waals surface area contributed by atoms with Crippen LogP contribution in [0.5, 0.6) is 0 Å². The smallest absolute Gasteiger partial charge is 0.316 e. The van der Waals surface area contributed by atoms with Gasteiger partial charge in [-0.3, -0.25) is 9.00 Å². The predicted octanol–water partition coefficient (Wildman–Crippen LogP) is -0.850. The number of aliphatic carboxylic acids is 1. The Morgan fingerprint density at radius 3 is 3.00 bits per heavy atom. The van der Waals surface area contributed by atoms with Gasteiger partial charge in [-0.15, -0.1) is 0 Å². The van der Waals surface area contributed by atoms with Crippen molar-refractivity contribution in [1.29, 1.82) is 0 Å². The van der Waals surface area contributed by atoms with Crippen molar-refractivity contribution >= 4 is 16.8 Å². The number of carbonyl (C=O) groups is 1. The van der Waals surface area contributed by atoms with Crippen LogP contribution >= 0.6 is 0 Å². The number of carboxylic acid groups (broad SMARTS) is 1. The molecule has 1 rings (SSSR count). The van der Waals surface area contributed by atoms with E-state index >= 15 is 0 Å². The first kappa shape index (κ1) is 11.6. The van der Waals surface area contributed by atoms with Gasteiger partial charge in [0, 0.05) is 23.9 Å². The largest absolute Gasteiger partial charge is 0.481 e. The number of ether oxygens (including phenoxy) is 1. The first-order valence-electron chi connectivity index (χ1n) is 4.45. The molecule has 0 aromatic heterocycles. The summed E-state index contributed by atoms with van der Waals surface area (Å²) in [5.41, 5.74) is 0. The van der Waals surface area contributed by atoms with Crippen LogP contribution in [0.2, 0.25) is 0 Å². The molecule has 0 radical (unpaired) electrons. The number of nitrogens with zero attached hydrogens (tertiary/aromatic N) is 1.